The average molecular weight is 274 g/mol. The van der Waals surface area contributed by atoms with E-state index in [-0.39, 0.29) is 17.9 Å². The van der Waals surface area contributed by atoms with Gasteiger partial charge in [0.25, 0.3) is 0 Å². The van der Waals surface area contributed by atoms with Gasteiger partial charge in [-0.25, -0.2) is 4.39 Å². The van der Waals surface area contributed by atoms with Crippen molar-refractivity contribution in [1.29, 1.82) is 0 Å². The molecule has 0 spiro atoms. The molecule has 0 aliphatic rings. The Morgan fingerprint density at radius 3 is 2.55 bits per heavy atom. The van der Waals surface area contributed by atoms with E-state index < -0.39 is 11.7 Å². The number of nitrogens with one attached hydrogen (secondary N) is 1. The van der Waals surface area contributed by atoms with E-state index in [0.717, 1.165) is 5.56 Å². The Morgan fingerprint density at radius 1 is 1.15 bits per heavy atom. The third kappa shape index (κ3) is 3.33. The van der Waals surface area contributed by atoms with Gasteiger partial charge in [0, 0.05) is 29.8 Å². The molecule has 4 N–H and O–H groups in total. The molecule has 104 valence electrons. The fraction of sp³-hybridized carbons (Fsp3) is 0.133. The molecule has 5 heteroatoms. The summed E-state index contributed by atoms with van der Waals surface area (Å²) < 4.78 is 13.6. The van der Waals surface area contributed by atoms with E-state index in [1.54, 1.807) is 18.2 Å². The van der Waals surface area contributed by atoms with Gasteiger partial charge in [-0.05, 0) is 24.3 Å². The van der Waals surface area contributed by atoms with Crippen molar-refractivity contribution >= 4 is 5.91 Å². The zero-order valence-corrected chi connectivity index (χ0v) is 10.8. The Kier molecular flexibility index (Phi) is 4.32. The normalized spacial score (nSPS) is 10.4. The number of halogens is 1. The summed E-state index contributed by atoms with van der Waals surface area (Å²) >= 11 is 0. The summed E-state index contributed by atoms with van der Waals surface area (Å²) in [6.07, 6.45) is 0. The van der Waals surface area contributed by atoms with Gasteiger partial charge < -0.3 is 16.2 Å². The van der Waals surface area contributed by atoms with E-state index in [1.165, 1.54) is 18.2 Å². The number of carbonyl (C=O) groups excluding carboxylic acids is 1. The van der Waals surface area contributed by atoms with E-state index in [4.69, 9.17) is 5.73 Å². The van der Waals surface area contributed by atoms with Gasteiger partial charge in [0.05, 0.1) is 0 Å². The zero-order valence-electron chi connectivity index (χ0n) is 10.8. The van der Waals surface area contributed by atoms with E-state index in [0.29, 0.717) is 12.1 Å². The first kappa shape index (κ1) is 14.0. The molecule has 0 atom stereocenters. The Bertz CT molecular complexity index is 629. The number of nitrogens with two attached hydrogens (primary N) is 1. The molecule has 0 unspecified atom stereocenters. The number of hydrogen-bond acceptors (Lipinski definition) is 3. The smallest absolute Gasteiger partial charge is 0.248 e. The van der Waals surface area contributed by atoms with E-state index >= 15 is 0 Å². The molecular weight excluding hydrogens is 259 g/mol. The highest BCUT2D eigenvalue weighted by atomic mass is 19.1. The van der Waals surface area contributed by atoms with Crippen LogP contribution in [0.2, 0.25) is 0 Å². The maximum absolute atomic E-state index is 13.6. The van der Waals surface area contributed by atoms with Crippen molar-refractivity contribution in [3.63, 3.8) is 0 Å². The van der Waals surface area contributed by atoms with Gasteiger partial charge in [-0.1, -0.05) is 18.2 Å². The first-order valence-electron chi connectivity index (χ1n) is 6.13. The van der Waals surface area contributed by atoms with Crippen LogP contribution in [0.4, 0.5) is 4.39 Å². The largest absolute Gasteiger partial charge is 0.508 e. The van der Waals surface area contributed by atoms with Crippen LogP contribution in [-0.4, -0.2) is 11.0 Å². The minimum atomic E-state index is -0.591. The van der Waals surface area contributed by atoms with Crippen LogP contribution in [-0.2, 0) is 13.1 Å². The van der Waals surface area contributed by atoms with Crippen LogP contribution in [0.3, 0.4) is 0 Å². The molecule has 0 bridgehead atoms. The minimum Gasteiger partial charge on any atom is -0.508 e. The van der Waals surface area contributed by atoms with E-state index in [9.17, 15) is 14.3 Å². The quantitative estimate of drug-likeness (QED) is 0.779. The predicted molar refractivity (Wildman–Crippen MR) is 73.6 cm³/mol. The molecule has 1 amide bonds. The average Bonchev–Trinajstić information content (AvgIpc) is 2.42. The molecule has 0 aliphatic carbocycles. The van der Waals surface area contributed by atoms with Gasteiger partial charge in [0.1, 0.15) is 11.6 Å². The lowest BCUT2D eigenvalue weighted by molar-refractivity contribution is 0.1000. The Balaban J connectivity index is 2.02. The number of phenols is 1. The predicted octanol–water partition coefficient (Wildman–Crippen LogP) is 1.92. The van der Waals surface area contributed by atoms with Crippen LogP contribution in [0.5, 0.6) is 5.75 Å². The summed E-state index contributed by atoms with van der Waals surface area (Å²) in [6.45, 7) is 0.633. The van der Waals surface area contributed by atoms with Crippen molar-refractivity contribution in [2.24, 2.45) is 5.73 Å². The van der Waals surface area contributed by atoms with Crippen LogP contribution < -0.4 is 11.1 Å². The third-order valence-electron chi connectivity index (χ3n) is 2.95. The van der Waals surface area contributed by atoms with Gasteiger partial charge in [0.2, 0.25) is 5.91 Å². The Morgan fingerprint density at radius 2 is 1.85 bits per heavy atom. The summed E-state index contributed by atoms with van der Waals surface area (Å²) in [7, 11) is 0. The molecule has 0 heterocycles. The van der Waals surface area contributed by atoms with Crippen molar-refractivity contribution in [1.82, 2.24) is 5.32 Å². The van der Waals surface area contributed by atoms with Gasteiger partial charge in [0.15, 0.2) is 0 Å². The van der Waals surface area contributed by atoms with Gasteiger partial charge in [-0.2, -0.15) is 0 Å². The SMILES string of the molecule is NC(=O)c1ccc(F)c(CNCc2ccccc2O)c1. The lowest BCUT2D eigenvalue weighted by Crippen LogP contribution is -2.16. The summed E-state index contributed by atoms with van der Waals surface area (Å²) in [6, 6.07) is 10.9. The maximum atomic E-state index is 13.6. The van der Waals surface area contributed by atoms with Crippen LogP contribution >= 0.6 is 0 Å². The second-order valence-corrected chi connectivity index (χ2v) is 4.40. The summed E-state index contributed by atoms with van der Waals surface area (Å²) in [5.41, 5.74) is 6.51. The lowest BCUT2D eigenvalue weighted by Gasteiger charge is -2.08. The van der Waals surface area contributed by atoms with Crippen LogP contribution in [0.1, 0.15) is 21.5 Å². The molecule has 0 saturated heterocycles. The second-order valence-electron chi connectivity index (χ2n) is 4.40. The van der Waals surface area contributed by atoms with Crippen LogP contribution in [0, 0.1) is 5.82 Å². The summed E-state index contributed by atoms with van der Waals surface area (Å²) in [5.74, 6) is -0.807. The Labute approximate surface area is 116 Å². The van der Waals surface area contributed by atoms with E-state index in [1.807, 2.05) is 6.07 Å². The standard InChI is InChI=1S/C15H15FN2O2/c16-13-6-5-10(15(17)20)7-12(13)9-18-8-11-3-1-2-4-14(11)19/h1-7,18-19H,8-9H2,(H2,17,20). The number of phenolic OH excluding ortho intramolecular Hbond substituents is 1. The van der Waals surface area contributed by atoms with Crippen LogP contribution in [0.25, 0.3) is 0 Å². The lowest BCUT2D eigenvalue weighted by atomic mass is 10.1. The number of carbonyl (C=O) groups is 1. The van der Waals surface area contributed by atoms with Gasteiger partial charge in [-0.15, -0.1) is 0 Å². The van der Waals surface area contributed by atoms with Crippen LogP contribution in [0.15, 0.2) is 42.5 Å². The highest BCUT2D eigenvalue weighted by Crippen LogP contribution is 2.15. The zero-order chi connectivity index (χ0) is 14.5. The molecule has 4 nitrogen and oxygen atoms in total. The second kappa shape index (κ2) is 6.16. The Hall–Kier alpha value is -2.40. The summed E-state index contributed by atoms with van der Waals surface area (Å²) in [4.78, 5) is 11.1. The molecule has 0 aliphatic heterocycles. The molecule has 0 saturated carbocycles. The number of hydrogen-bond donors (Lipinski definition) is 3. The molecule has 20 heavy (non-hydrogen) atoms. The molecule has 2 rings (SSSR count). The minimum absolute atomic E-state index is 0.186. The number of rotatable bonds is 5. The van der Waals surface area contributed by atoms with Gasteiger partial charge in [-0.3, -0.25) is 4.79 Å². The summed E-state index contributed by atoms with van der Waals surface area (Å²) in [5, 5.41) is 12.6. The molecule has 0 fully saturated rings. The molecule has 0 radical (unpaired) electrons. The van der Waals surface area contributed by atoms with Crippen molar-refractivity contribution in [2.45, 2.75) is 13.1 Å². The first-order chi connectivity index (χ1) is 9.58. The van der Waals surface area contributed by atoms with Crippen molar-refractivity contribution < 1.29 is 14.3 Å². The molecular formula is C15H15FN2O2. The van der Waals surface area contributed by atoms with Crippen molar-refractivity contribution in [3.05, 3.63) is 65.0 Å². The number of primary amides is 1. The highest BCUT2D eigenvalue weighted by molar-refractivity contribution is 5.92. The number of benzene rings is 2. The number of para-hydroxylation sites is 1. The molecule has 2 aromatic carbocycles. The fourth-order valence-corrected chi connectivity index (χ4v) is 1.86. The third-order valence-corrected chi connectivity index (χ3v) is 2.95. The maximum Gasteiger partial charge on any atom is 0.248 e. The number of aromatic hydroxyl groups is 1. The van der Waals surface area contributed by atoms with Gasteiger partial charge >= 0.3 is 0 Å². The number of amides is 1. The molecule has 2 aromatic rings. The van der Waals surface area contributed by atoms with Crippen molar-refractivity contribution in [3.8, 4) is 5.75 Å². The monoisotopic (exact) mass is 274 g/mol. The highest BCUT2D eigenvalue weighted by Gasteiger charge is 2.07. The topological polar surface area (TPSA) is 75.4 Å². The molecule has 0 aromatic heterocycles. The first-order valence-corrected chi connectivity index (χ1v) is 6.13. The fourth-order valence-electron chi connectivity index (χ4n) is 1.86. The van der Waals surface area contributed by atoms with E-state index in [2.05, 4.69) is 5.32 Å². The van der Waals surface area contributed by atoms with Crippen molar-refractivity contribution in [2.75, 3.05) is 0 Å².